The largest absolute Gasteiger partial charge is 0.256 e. The Morgan fingerprint density at radius 1 is 0.714 bits per heavy atom. The second-order valence-electron chi connectivity index (χ2n) is 7.50. The smallest absolute Gasteiger partial charge is 0.132 e. The summed E-state index contributed by atoms with van der Waals surface area (Å²) < 4.78 is 14.6. The van der Waals surface area contributed by atoms with Gasteiger partial charge in [-0.15, -0.1) is 0 Å². The molecule has 0 saturated heterocycles. The van der Waals surface area contributed by atoms with Gasteiger partial charge in [-0.3, -0.25) is 4.98 Å². The molecule has 0 amide bonds. The quantitative estimate of drug-likeness (QED) is 0.350. The highest BCUT2D eigenvalue weighted by Gasteiger charge is 2.08. The lowest BCUT2D eigenvalue weighted by Crippen LogP contribution is -1.92. The summed E-state index contributed by atoms with van der Waals surface area (Å²) >= 11 is 0. The van der Waals surface area contributed by atoms with E-state index >= 15 is 0 Å². The number of unbranched alkanes of at least 4 members (excludes halogenated alkanes) is 3. The van der Waals surface area contributed by atoms with Gasteiger partial charge in [-0.1, -0.05) is 69.5 Å². The maximum Gasteiger partial charge on any atom is 0.132 e. The molecule has 1 heterocycles. The van der Waals surface area contributed by atoms with Crippen LogP contribution in [0.1, 0.15) is 57.1 Å². The van der Waals surface area contributed by atoms with Crippen molar-refractivity contribution in [3.63, 3.8) is 0 Å². The minimum absolute atomic E-state index is 0.186. The van der Waals surface area contributed by atoms with E-state index in [1.165, 1.54) is 31.2 Å². The minimum atomic E-state index is -0.186. The number of nitrogens with zero attached hydrogens (tertiary/aromatic N) is 1. The highest BCUT2D eigenvalue weighted by molar-refractivity contribution is 5.67. The number of hydrogen-bond donors (Lipinski definition) is 0. The van der Waals surface area contributed by atoms with Crippen molar-refractivity contribution in [2.45, 2.75) is 58.8 Å². The first kappa shape index (κ1) is 20.3. The Hall–Kier alpha value is -2.48. The van der Waals surface area contributed by atoms with Crippen molar-refractivity contribution in [3.05, 3.63) is 77.7 Å². The Balaban J connectivity index is 1.71. The predicted octanol–water partition coefficient (Wildman–Crippen LogP) is 7.63. The SMILES string of the molecule is CCCCCc1ccc(-c2ccc(-c3ccc(CCCC)cc3)cn2)c(F)c1. The van der Waals surface area contributed by atoms with Gasteiger partial charge in [0, 0.05) is 17.3 Å². The Bertz CT molecular complexity index is 866. The molecule has 0 radical (unpaired) electrons. The van der Waals surface area contributed by atoms with E-state index in [0.717, 1.165) is 36.0 Å². The van der Waals surface area contributed by atoms with Crippen LogP contribution >= 0.6 is 0 Å². The highest BCUT2D eigenvalue weighted by atomic mass is 19.1. The molecule has 0 N–H and O–H groups in total. The van der Waals surface area contributed by atoms with Crippen LogP contribution in [-0.4, -0.2) is 4.98 Å². The third-order valence-corrected chi connectivity index (χ3v) is 5.25. The lowest BCUT2D eigenvalue weighted by Gasteiger charge is -2.08. The van der Waals surface area contributed by atoms with Gasteiger partial charge in [-0.25, -0.2) is 4.39 Å². The van der Waals surface area contributed by atoms with E-state index in [1.54, 1.807) is 6.07 Å². The van der Waals surface area contributed by atoms with E-state index in [1.807, 2.05) is 30.5 Å². The zero-order valence-corrected chi connectivity index (χ0v) is 17.0. The summed E-state index contributed by atoms with van der Waals surface area (Å²) in [5.74, 6) is -0.186. The van der Waals surface area contributed by atoms with E-state index in [-0.39, 0.29) is 5.82 Å². The van der Waals surface area contributed by atoms with Crippen LogP contribution in [-0.2, 0) is 12.8 Å². The molecule has 0 aliphatic carbocycles. The van der Waals surface area contributed by atoms with Gasteiger partial charge in [0.1, 0.15) is 5.82 Å². The second kappa shape index (κ2) is 10.2. The molecule has 0 aliphatic heterocycles. The number of benzene rings is 2. The summed E-state index contributed by atoms with van der Waals surface area (Å²) in [7, 11) is 0. The molecule has 0 spiro atoms. The monoisotopic (exact) mass is 375 g/mol. The molecular formula is C26H30FN. The molecule has 28 heavy (non-hydrogen) atoms. The average molecular weight is 376 g/mol. The van der Waals surface area contributed by atoms with Crippen LogP contribution in [0.3, 0.4) is 0 Å². The lowest BCUT2D eigenvalue weighted by molar-refractivity contribution is 0.626. The van der Waals surface area contributed by atoms with Crippen LogP contribution in [0.4, 0.5) is 4.39 Å². The van der Waals surface area contributed by atoms with Gasteiger partial charge in [0.15, 0.2) is 0 Å². The van der Waals surface area contributed by atoms with Gasteiger partial charge >= 0.3 is 0 Å². The number of aryl methyl sites for hydroxylation is 2. The third kappa shape index (κ3) is 5.28. The number of aromatic nitrogens is 1. The Kier molecular flexibility index (Phi) is 7.36. The average Bonchev–Trinajstić information content (AvgIpc) is 2.73. The summed E-state index contributed by atoms with van der Waals surface area (Å²) in [4.78, 5) is 4.52. The molecule has 3 rings (SSSR count). The summed E-state index contributed by atoms with van der Waals surface area (Å²) in [6.45, 7) is 4.39. The van der Waals surface area contributed by atoms with Gasteiger partial charge in [0.25, 0.3) is 0 Å². The van der Waals surface area contributed by atoms with Crippen molar-refractivity contribution in [1.29, 1.82) is 0 Å². The summed E-state index contributed by atoms with van der Waals surface area (Å²) in [5, 5.41) is 0. The van der Waals surface area contributed by atoms with E-state index in [0.29, 0.717) is 11.3 Å². The predicted molar refractivity (Wildman–Crippen MR) is 117 cm³/mol. The first-order valence-electron chi connectivity index (χ1n) is 10.6. The van der Waals surface area contributed by atoms with Crippen molar-refractivity contribution in [1.82, 2.24) is 4.98 Å². The fraction of sp³-hybridized carbons (Fsp3) is 0.346. The van der Waals surface area contributed by atoms with E-state index in [9.17, 15) is 4.39 Å². The molecule has 0 aliphatic rings. The van der Waals surface area contributed by atoms with Gasteiger partial charge in [-0.05, 0) is 60.6 Å². The first-order chi connectivity index (χ1) is 13.7. The van der Waals surface area contributed by atoms with Crippen LogP contribution in [0.15, 0.2) is 60.8 Å². The Morgan fingerprint density at radius 2 is 1.39 bits per heavy atom. The molecule has 0 fully saturated rings. The van der Waals surface area contributed by atoms with Crippen LogP contribution in [0.5, 0.6) is 0 Å². The number of rotatable bonds is 9. The molecule has 0 atom stereocenters. The Labute approximate surface area is 168 Å². The molecule has 3 aromatic rings. The molecule has 0 saturated carbocycles. The molecule has 146 valence electrons. The topological polar surface area (TPSA) is 12.9 Å². The van der Waals surface area contributed by atoms with E-state index in [4.69, 9.17) is 0 Å². The van der Waals surface area contributed by atoms with E-state index < -0.39 is 0 Å². The van der Waals surface area contributed by atoms with Crippen LogP contribution in [0.25, 0.3) is 22.4 Å². The lowest BCUT2D eigenvalue weighted by atomic mass is 10.0. The van der Waals surface area contributed by atoms with Crippen LogP contribution in [0.2, 0.25) is 0 Å². The maximum atomic E-state index is 14.6. The highest BCUT2D eigenvalue weighted by Crippen LogP contribution is 2.26. The van der Waals surface area contributed by atoms with Crippen molar-refractivity contribution in [2.24, 2.45) is 0 Å². The fourth-order valence-electron chi connectivity index (χ4n) is 3.47. The second-order valence-corrected chi connectivity index (χ2v) is 7.50. The summed E-state index contributed by atoms with van der Waals surface area (Å²) in [6.07, 6.45) is 9.81. The molecule has 2 aromatic carbocycles. The molecule has 0 unspecified atom stereocenters. The van der Waals surface area contributed by atoms with Gasteiger partial charge in [-0.2, -0.15) is 0 Å². The standard InChI is InChI=1S/C26H30FN/c1-3-5-7-9-21-12-16-24(25(27)18-21)26-17-15-23(19-28-26)22-13-10-20(11-14-22)8-6-4-2/h10-19H,3-9H2,1-2H3. The molecule has 2 heteroatoms. The third-order valence-electron chi connectivity index (χ3n) is 5.25. The van der Waals surface area contributed by atoms with Crippen molar-refractivity contribution >= 4 is 0 Å². The van der Waals surface area contributed by atoms with Crippen LogP contribution < -0.4 is 0 Å². The van der Waals surface area contributed by atoms with Gasteiger partial charge in [0.2, 0.25) is 0 Å². The minimum Gasteiger partial charge on any atom is -0.256 e. The fourth-order valence-corrected chi connectivity index (χ4v) is 3.47. The maximum absolute atomic E-state index is 14.6. The van der Waals surface area contributed by atoms with Crippen molar-refractivity contribution < 1.29 is 4.39 Å². The van der Waals surface area contributed by atoms with Gasteiger partial charge in [0.05, 0.1) is 5.69 Å². The van der Waals surface area contributed by atoms with Crippen molar-refractivity contribution in [3.8, 4) is 22.4 Å². The van der Waals surface area contributed by atoms with Gasteiger partial charge < -0.3 is 0 Å². The zero-order valence-electron chi connectivity index (χ0n) is 17.0. The molecule has 1 nitrogen and oxygen atoms in total. The molecular weight excluding hydrogens is 345 g/mol. The summed E-state index contributed by atoms with van der Waals surface area (Å²) in [6, 6.07) is 18.2. The molecule has 0 bridgehead atoms. The number of pyridine rings is 1. The summed E-state index contributed by atoms with van der Waals surface area (Å²) in [5.41, 5.74) is 5.89. The zero-order chi connectivity index (χ0) is 19.8. The Morgan fingerprint density at radius 3 is 2.04 bits per heavy atom. The van der Waals surface area contributed by atoms with Crippen LogP contribution in [0, 0.1) is 5.82 Å². The first-order valence-corrected chi connectivity index (χ1v) is 10.6. The number of hydrogen-bond acceptors (Lipinski definition) is 1. The van der Waals surface area contributed by atoms with Crippen molar-refractivity contribution in [2.75, 3.05) is 0 Å². The number of halogens is 1. The van der Waals surface area contributed by atoms with E-state index in [2.05, 4.69) is 43.1 Å². The molecule has 1 aromatic heterocycles. The normalized spacial score (nSPS) is 11.0.